The summed E-state index contributed by atoms with van der Waals surface area (Å²) in [5, 5.41) is 3.04. The molecule has 1 aromatic carbocycles. The van der Waals surface area contributed by atoms with Gasteiger partial charge in [0.25, 0.3) is 0 Å². The third-order valence-electron chi connectivity index (χ3n) is 2.90. The first-order chi connectivity index (χ1) is 9.43. The molecule has 20 heavy (non-hydrogen) atoms. The average molecular weight is 364 g/mol. The number of hydrogen-bond donors (Lipinski definition) is 1. The lowest BCUT2D eigenvalue weighted by atomic mass is 10.0. The Labute approximate surface area is 128 Å². The maximum atomic E-state index is 14.0. The van der Waals surface area contributed by atoms with Crippen molar-refractivity contribution in [2.75, 3.05) is 6.54 Å². The molecule has 2 rings (SSSR count). The lowest BCUT2D eigenvalue weighted by molar-refractivity contribution is 0.494. The molecule has 1 aromatic heterocycles. The van der Waals surface area contributed by atoms with Crippen LogP contribution in [0, 0.1) is 24.4 Å². The highest BCUT2D eigenvalue weighted by molar-refractivity contribution is 9.11. The van der Waals surface area contributed by atoms with Crippen LogP contribution in [0.2, 0.25) is 0 Å². The van der Waals surface area contributed by atoms with Crippen molar-refractivity contribution in [1.29, 1.82) is 0 Å². The van der Waals surface area contributed by atoms with Crippen LogP contribution in [0.5, 0.6) is 0 Å². The van der Waals surface area contributed by atoms with E-state index in [0.29, 0.717) is 18.7 Å². The van der Waals surface area contributed by atoms with Crippen molar-refractivity contribution in [2.45, 2.75) is 19.9 Å². The highest BCUT2D eigenvalue weighted by atomic mass is 79.9. The minimum atomic E-state index is -0.914. The Hall–Kier alpha value is -0.850. The van der Waals surface area contributed by atoms with Crippen LogP contribution < -0.4 is 5.32 Å². The molecule has 0 saturated carbocycles. The van der Waals surface area contributed by atoms with Gasteiger partial charge in [-0.3, -0.25) is 0 Å². The summed E-state index contributed by atoms with van der Waals surface area (Å²) in [6.45, 7) is 4.29. The van der Waals surface area contributed by atoms with Crippen molar-refractivity contribution in [2.24, 2.45) is 0 Å². The fourth-order valence-corrected chi connectivity index (χ4v) is 3.66. The predicted molar refractivity (Wildman–Crippen MR) is 78.6 cm³/mol. The first-order valence-electron chi connectivity index (χ1n) is 6.07. The van der Waals surface area contributed by atoms with Gasteiger partial charge in [0.15, 0.2) is 0 Å². The Morgan fingerprint density at radius 1 is 1.20 bits per heavy atom. The van der Waals surface area contributed by atoms with E-state index in [2.05, 4.69) is 21.2 Å². The Balaban J connectivity index is 2.54. The molecule has 0 aliphatic rings. The van der Waals surface area contributed by atoms with Gasteiger partial charge in [-0.05, 0) is 41.0 Å². The summed E-state index contributed by atoms with van der Waals surface area (Å²) >= 11 is 4.81. The normalized spacial score (nSPS) is 12.7. The van der Waals surface area contributed by atoms with Crippen LogP contribution in [-0.2, 0) is 0 Å². The minimum absolute atomic E-state index is 0.151. The third kappa shape index (κ3) is 3.07. The molecule has 2 aromatic rings. The molecule has 0 radical (unpaired) electrons. The highest BCUT2D eigenvalue weighted by Gasteiger charge is 2.24. The quantitative estimate of drug-likeness (QED) is 0.811. The summed E-state index contributed by atoms with van der Waals surface area (Å²) < 4.78 is 41.8. The Morgan fingerprint density at radius 2 is 1.80 bits per heavy atom. The number of thiophene rings is 1. The Bertz CT molecular complexity index is 584. The smallest absolute Gasteiger partial charge is 0.134 e. The molecule has 0 bridgehead atoms. The lowest BCUT2D eigenvalue weighted by Gasteiger charge is -2.18. The maximum Gasteiger partial charge on any atom is 0.134 e. The van der Waals surface area contributed by atoms with E-state index in [9.17, 15) is 13.2 Å². The van der Waals surface area contributed by atoms with Crippen molar-refractivity contribution in [3.63, 3.8) is 0 Å². The zero-order valence-corrected chi connectivity index (χ0v) is 13.3. The van der Waals surface area contributed by atoms with Crippen LogP contribution in [0.15, 0.2) is 22.0 Å². The molecule has 0 aliphatic carbocycles. The second kappa shape index (κ2) is 6.28. The summed E-state index contributed by atoms with van der Waals surface area (Å²) in [6, 6.07) is 2.65. The van der Waals surface area contributed by atoms with E-state index in [-0.39, 0.29) is 5.56 Å². The summed E-state index contributed by atoms with van der Waals surface area (Å²) in [5.41, 5.74) is 0.845. The summed E-state index contributed by atoms with van der Waals surface area (Å²) in [4.78, 5) is 0.778. The zero-order valence-electron chi connectivity index (χ0n) is 10.9. The largest absolute Gasteiger partial charge is 0.306 e. The molecule has 1 N–H and O–H groups in total. The average Bonchev–Trinajstić information content (AvgIpc) is 2.67. The van der Waals surface area contributed by atoms with Gasteiger partial charge in [0.2, 0.25) is 0 Å². The van der Waals surface area contributed by atoms with Crippen molar-refractivity contribution in [1.82, 2.24) is 5.32 Å². The van der Waals surface area contributed by atoms with Gasteiger partial charge in [0.1, 0.15) is 17.5 Å². The molecule has 0 saturated heterocycles. The number of benzene rings is 1. The third-order valence-corrected chi connectivity index (χ3v) is 5.10. The van der Waals surface area contributed by atoms with Gasteiger partial charge in [-0.1, -0.05) is 6.92 Å². The Morgan fingerprint density at radius 3 is 2.25 bits per heavy atom. The molecule has 1 heterocycles. The van der Waals surface area contributed by atoms with Gasteiger partial charge in [-0.2, -0.15) is 0 Å². The lowest BCUT2D eigenvalue weighted by Crippen LogP contribution is -2.23. The monoisotopic (exact) mass is 363 g/mol. The molecule has 0 spiro atoms. The van der Waals surface area contributed by atoms with Gasteiger partial charge in [-0.25, -0.2) is 13.2 Å². The van der Waals surface area contributed by atoms with E-state index in [0.717, 1.165) is 14.2 Å². The van der Waals surface area contributed by atoms with Crippen LogP contribution in [0.25, 0.3) is 0 Å². The van der Waals surface area contributed by atoms with Crippen molar-refractivity contribution in [3.05, 3.63) is 55.4 Å². The van der Waals surface area contributed by atoms with E-state index in [1.807, 2.05) is 19.9 Å². The molecule has 0 fully saturated rings. The number of aryl methyl sites for hydroxylation is 1. The van der Waals surface area contributed by atoms with Crippen LogP contribution >= 0.6 is 27.3 Å². The second-order valence-corrected chi connectivity index (χ2v) is 6.78. The van der Waals surface area contributed by atoms with Crippen LogP contribution in [0.1, 0.15) is 29.0 Å². The summed E-state index contributed by atoms with van der Waals surface area (Å²) in [5.74, 6) is -2.67. The van der Waals surface area contributed by atoms with Gasteiger partial charge >= 0.3 is 0 Å². The van der Waals surface area contributed by atoms with Gasteiger partial charge in [0.05, 0.1) is 9.83 Å². The molecule has 0 aliphatic heterocycles. The SMILES string of the molecule is CCNC(c1cc(C)c(Br)s1)c1c(F)cc(F)cc1F. The van der Waals surface area contributed by atoms with Crippen LogP contribution in [0.3, 0.4) is 0 Å². The van der Waals surface area contributed by atoms with E-state index < -0.39 is 23.5 Å². The van der Waals surface area contributed by atoms with E-state index in [1.54, 1.807) is 0 Å². The van der Waals surface area contributed by atoms with Gasteiger partial charge in [-0.15, -0.1) is 11.3 Å². The van der Waals surface area contributed by atoms with Crippen molar-refractivity contribution >= 4 is 27.3 Å². The zero-order chi connectivity index (χ0) is 14.9. The van der Waals surface area contributed by atoms with Gasteiger partial charge < -0.3 is 5.32 Å². The van der Waals surface area contributed by atoms with Crippen LogP contribution in [0.4, 0.5) is 13.2 Å². The fourth-order valence-electron chi connectivity index (χ4n) is 2.00. The van der Waals surface area contributed by atoms with E-state index in [1.165, 1.54) is 11.3 Å². The van der Waals surface area contributed by atoms with Crippen molar-refractivity contribution in [3.8, 4) is 0 Å². The minimum Gasteiger partial charge on any atom is -0.306 e. The first kappa shape index (κ1) is 15.5. The molecule has 6 heteroatoms. The van der Waals surface area contributed by atoms with E-state index in [4.69, 9.17) is 0 Å². The molecule has 108 valence electrons. The van der Waals surface area contributed by atoms with Gasteiger partial charge in [0, 0.05) is 22.6 Å². The maximum absolute atomic E-state index is 14.0. The van der Waals surface area contributed by atoms with E-state index >= 15 is 0 Å². The summed E-state index contributed by atoms with van der Waals surface area (Å²) in [6.07, 6.45) is 0. The number of halogens is 4. The first-order valence-corrected chi connectivity index (χ1v) is 7.68. The number of hydrogen-bond acceptors (Lipinski definition) is 2. The predicted octanol–water partition coefficient (Wildman–Crippen LogP) is 4.94. The number of rotatable bonds is 4. The van der Waals surface area contributed by atoms with Crippen LogP contribution in [-0.4, -0.2) is 6.54 Å². The molecule has 1 unspecified atom stereocenters. The molecule has 1 nitrogen and oxygen atoms in total. The summed E-state index contributed by atoms with van der Waals surface area (Å²) in [7, 11) is 0. The number of nitrogens with one attached hydrogen (secondary N) is 1. The Kier molecular flexibility index (Phi) is 4.88. The standard InChI is InChI=1S/C14H13BrF3NS/c1-3-19-13(11-4-7(2)14(15)20-11)12-9(17)5-8(16)6-10(12)18/h4-6,13,19H,3H2,1-2H3. The van der Waals surface area contributed by atoms with Crippen molar-refractivity contribution < 1.29 is 13.2 Å². The molecular formula is C14H13BrF3NS. The second-order valence-electron chi connectivity index (χ2n) is 4.38. The molecular weight excluding hydrogens is 351 g/mol. The fraction of sp³-hybridized carbons (Fsp3) is 0.286. The highest BCUT2D eigenvalue weighted by Crippen LogP contribution is 2.36. The molecule has 1 atom stereocenters. The molecule has 0 amide bonds. The topological polar surface area (TPSA) is 12.0 Å².